The lowest BCUT2D eigenvalue weighted by Crippen LogP contribution is -2.39. The highest BCUT2D eigenvalue weighted by Crippen LogP contribution is 2.24. The first-order valence-electron chi connectivity index (χ1n) is 8.31. The predicted octanol–water partition coefficient (Wildman–Crippen LogP) is 2.85. The molecular weight excluding hydrogens is 333 g/mol. The molecule has 26 heavy (non-hydrogen) atoms. The van der Waals surface area contributed by atoms with E-state index in [9.17, 15) is 14.0 Å². The van der Waals surface area contributed by atoms with Crippen molar-refractivity contribution in [1.82, 2.24) is 14.7 Å². The minimum absolute atomic E-state index is 0.0440. The summed E-state index contributed by atoms with van der Waals surface area (Å²) in [7, 11) is 0. The molecule has 2 heterocycles. The number of carbonyl (C=O) groups excluding carboxylic acids is 1. The third-order valence-corrected chi connectivity index (χ3v) is 4.47. The van der Waals surface area contributed by atoms with Gasteiger partial charge in [0.15, 0.2) is 0 Å². The number of nitrogens with one attached hydrogen (secondary N) is 1. The fourth-order valence-electron chi connectivity index (χ4n) is 2.90. The van der Waals surface area contributed by atoms with Crippen molar-refractivity contribution in [3.05, 3.63) is 81.7 Å². The molecule has 3 rings (SSSR count). The van der Waals surface area contributed by atoms with E-state index in [2.05, 4.69) is 10.3 Å². The van der Waals surface area contributed by atoms with Crippen molar-refractivity contribution >= 4 is 11.6 Å². The lowest BCUT2D eigenvalue weighted by atomic mass is 9.84. The Morgan fingerprint density at radius 3 is 2.69 bits per heavy atom. The number of benzene rings is 1. The smallest absolute Gasteiger partial charge is 0.270 e. The number of amides is 1. The van der Waals surface area contributed by atoms with Crippen LogP contribution in [0.5, 0.6) is 0 Å². The second-order valence-corrected chi connectivity index (χ2v) is 6.91. The van der Waals surface area contributed by atoms with Crippen LogP contribution in [0.2, 0.25) is 0 Å². The Morgan fingerprint density at radius 1 is 1.23 bits per heavy atom. The Labute approximate surface area is 150 Å². The van der Waals surface area contributed by atoms with Gasteiger partial charge in [-0.15, -0.1) is 0 Å². The molecule has 0 aliphatic heterocycles. The number of rotatable bonds is 4. The molecule has 0 aliphatic rings. The quantitative estimate of drug-likeness (QED) is 0.784. The summed E-state index contributed by atoms with van der Waals surface area (Å²) in [4.78, 5) is 29.3. The normalized spacial score (nSPS) is 11.5. The van der Waals surface area contributed by atoms with Gasteiger partial charge in [-0.1, -0.05) is 38.1 Å². The Hall–Kier alpha value is -3.02. The van der Waals surface area contributed by atoms with E-state index in [0.717, 1.165) is 5.56 Å². The molecule has 1 N–H and O–H groups in total. The molecule has 1 amide bonds. The van der Waals surface area contributed by atoms with Crippen molar-refractivity contribution in [2.24, 2.45) is 0 Å². The molecule has 0 spiro atoms. The molecule has 0 aliphatic carbocycles. The van der Waals surface area contributed by atoms with Gasteiger partial charge in [0.05, 0.1) is 0 Å². The van der Waals surface area contributed by atoms with Gasteiger partial charge >= 0.3 is 0 Å². The summed E-state index contributed by atoms with van der Waals surface area (Å²) < 4.78 is 15.4. The SMILES string of the molecule is Cc1cccn2c(=O)c(C(=O)NCC(C)(C)c3ccccc3F)cnc12. The van der Waals surface area contributed by atoms with Gasteiger partial charge in [-0.3, -0.25) is 14.0 Å². The lowest BCUT2D eigenvalue weighted by molar-refractivity contribution is 0.0943. The summed E-state index contributed by atoms with van der Waals surface area (Å²) in [6.07, 6.45) is 2.87. The third-order valence-electron chi connectivity index (χ3n) is 4.47. The summed E-state index contributed by atoms with van der Waals surface area (Å²) in [5, 5.41) is 2.73. The van der Waals surface area contributed by atoms with E-state index in [1.54, 1.807) is 30.5 Å². The standard InChI is InChI=1S/C20H20FN3O2/c1-13-7-6-10-24-17(13)22-11-14(19(24)26)18(25)23-12-20(2,3)15-8-4-5-9-16(15)21/h4-11H,12H2,1-3H3,(H,23,25). The molecule has 2 aromatic heterocycles. The fourth-order valence-corrected chi connectivity index (χ4v) is 2.90. The summed E-state index contributed by atoms with van der Waals surface area (Å²) in [6, 6.07) is 10.0. The van der Waals surface area contributed by atoms with Crippen LogP contribution in [0.15, 0.2) is 53.6 Å². The van der Waals surface area contributed by atoms with Crippen molar-refractivity contribution in [2.75, 3.05) is 6.54 Å². The summed E-state index contributed by atoms with van der Waals surface area (Å²) in [5.74, 6) is -0.850. The summed E-state index contributed by atoms with van der Waals surface area (Å²) in [5.41, 5.74) is 0.762. The average molecular weight is 353 g/mol. The van der Waals surface area contributed by atoms with Crippen molar-refractivity contribution in [3.8, 4) is 0 Å². The number of fused-ring (bicyclic) bond motifs is 1. The third kappa shape index (κ3) is 3.22. The molecule has 134 valence electrons. The molecule has 1 aromatic carbocycles. The minimum atomic E-state index is -0.627. The van der Waals surface area contributed by atoms with Crippen molar-refractivity contribution in [1.29, 1.82) is 0 Å². The first-order valence-corrected chi connectivity index (χ1v) is 8.31. The highest BCUT2D eigenvalue weighted by atomic mass is 19.1. The van der Waals surface area contributed by atoms with Crippen LogP contribution >= 0.6 is 0 Å². The van der Waals surface area contributed by atoms with E-state index in [1.165, 1.54) is 16.7 Å². The van der Waals surface area contributed by atoms with Gasteiger partial charge in [0.1, 0.15) is 17.0 Å². The van der Waals surface area contributed by atoms with Crippen LogP contribution in [0.3, 0.4) is 0 Å². The van der Waals surface area contributed by atoms with Gasteiger partial charge in [-0.25, -0.2) is 9.37 Å². The van der Waals surface area contributed by atoms with Gasteiger partial charge in [-0.2, -0.15) is 0 Å². The van der Waals surface area contributed by atoms with Crippen LogP contribution in [-0.4, -0.2) is 21.8 Å². The van der Waals surface area contributed by atoms with Gasteiger partial charge in [-0.05, 0) is 30.2 Å². The number of pyridine rings is 1. The lowest BCUT2D eigenvalue weighted by Gasteiger charge is -2.26. The van der Waals surface area contributed by atoms with Gasteiger partial charge in [0, 0.05) is 24.4 Å². The van der Waals surface area contributed by atoms with Crippen LogP contribution in [-0.2, 0) is 5.41 Å². The molecule has 0 saturated carbocycles. The number of hydrogen-bond donors (Lipinski definition) is 1. The van der Waals surface area contributed by atoms with E-state index in [0.29, 0.717) is 11.2 Å². The van der Waals surface area contributed by atoms with E-state index in [-0.39, 0.29) is 17.9 Å². The molecule has 0 radical (unpaired) electrons. The monoisotopic (exact) mass is 353 g/mol. The zero-order chi connectivity index (χ0) is 18.9. The summed E-state index contributed by atoms with van der Waals surface area (Å²) >= 11 is 0. The van der Waals surface area contributed by atoms with Crippen molar-refractivity contribution in [2.45, 2.75) is 26.2 Å². The topological polar surface area (TPSA) is 63.5 Å². The predicted molar refractivity (Wildman–Crippen MR) is 98.0 cm³/mol. The largest absolute Gasteiger partial charge is 0.351 e. The molecule has 3 aromatic rings. The number of aromatic nitrogens is 2. The zero-order valence-corrected chi connectivity index (χ0v) is 14.9. The van der Waals surface area contributed by atoms with Crippen LogP contribution in [0.4, 0.5) is 4.39 Å². The molecule has 0 fully saturated rings. The van der Waals surface area contributed by atoms with Gasteiger partial charge in [0.25, 0.3) is 11.5 Å². The fraction of sp³-hybridized carbons (Fsp3) is 0.250. The number of hydrogen-bond acceptors (Lipinski definition) is 3. The number of aryl methyl sites for hydroxylation is 1. The van der Waals surface area contributed by atoms with Gasteiger partial charge in [0.2, 0.25) is 0 Å². The molecule has 5 nitrogen and oxygen atoms in total. The number of carbonyl (C=O) groups is 1. The van der Waals surface area contributed by atoms with Crippen molar-refractivity contribution in [3.63, 3.8) is 0 Å². The van der Waals surface area contributed by atoms with E-state index < -0.39 is 16.9 Å². The Bertz CT molecular complexity index is 1040. The molecule has 0 unspecified atom stereocenters. The number of nitrogens with zero attached hydrogens (tertiary/aromatic N) is 2. The second-order valence-electron chi connectivity index (χ2n) is 6.91. The highest BCUT2D eigenvalue weighted by Gasteiger charge is 2.25. The van der Waals surface area contributed by atoms with Gasteiger partial charge < -0.3 is 5.32 Å². The molecule has 0 bridgehead atoms. The van der Waals surface area contributed by atoms with Crippen LogP contribution in [0.1, 0.15) is 35.3 Å². The second kappa shape index (κ2) is 6.71. The maximum Gasteiger partial charge on any atom is 0.270 e. The zero-order valence-electron chi connectivity index (χ0n) is 14.9. The van der Waals surface area contributed by atoms with Crippen LogP contribution in [0.25, 0.3) is 5.65 Å². The average Bonchev–Trinajstić information content (AvgIpc) is 2.61. The number of halogens is 1. The highest BCUT2D eigenvalue weighted by molar-refractivity contribution is 5.93. The van der Waals surface area contributed by atoms with Crippen LogP contribution < -0.4 is 10.9 Å². The van der Waals surface area contributed by atoms with E-state index in [4.69, 9.17) is 0 Å². The maximum absolute atomic E-state index is 14.0. The Balaban J connectivity index is 1.85. The Morgan fingerprint density at radius 2 is 1.96 bits per heavy atom. The Kier molecular flexibility index (Phi) is 4.59. The maximum atomic E-state index is 14.0. The molecule has 0 atom stereocenters. The van der Waals surface area contributed by atoms with E-state index in [1.807, 2.05) is 26.8 Å². The van der Waals surface area contributed by atoms with Crippen molar-refractivity contribution < 1.29 is 9.18 Å². The summed E-state index contributed by atoms with van der Waals surface area (Å²) in [6.45, 7) is 5.70. The molecule has 0 saturated heterocycles. The van der Waals surface area contributed by atoms with Crippen LogP contribution in [0, 0.1) is 12.7 Å². The molecular formula is C20H20FN3O2. The first kappa shape index (κ1) is 17.8. The minimum Gasteiger partial charge on any atom is -0.351 e. The van der Waals surface area contributed by atoms with E-state index >= 15 is 0 Å². The first-order chi connectivity index (χ1) is 12.3. The molecule has 6 heteroatoms.